The van der Waals surface area contributed by atoms with Crippen LogP contribution in [0.3, 0.4) is 0 Å². The molecule has 0 radical (unpaired) electrons. The molecule has 1 fully saturated rings. The van der Waals surface area contributed by atoms with Crippen LogP contribution in [0, 0.1) is 12.8 Å². The number of amides is 1. The van der Waals surface area contributed by atoms with Crippen molar-refractivity contribution in [2.75, 3.05) is 13.1 Å². The van der Waals surface area contributed by atoms with Gasteiger partial charge in [0, 0.05) is 6.42 Å². The van der Waals surface area contributed by atoms with Crippen LogP contribution in [0.15, 0.2) is 24.3 Å². The van der Waals surface area contributed by atoms with Crippen LogP contribution in [-0.4, -0.2) is 19.0 Å². The normalized spacial score (nSPS) is 18.0. The van der Waals surface area contributed by atoms with Crippen molar-refractivity contribution < 1.29 is 4.79 Å². The van der Waals surface area contributed by atoms with Gasteiger partial charge in [0.15, 0.2) is 0 Å². The Morgan fingerprint density at radius 1 is 1.37 bits per heavy atom. The number of piperidine rings is 1. The number of carbonyl (C=O) groups excluding carboxylic acids is 1. The van der Waals surface area contributed by atoms with Gasteiger partial charge in [-0.15, -0.1) is 0 Å². The van der Waals surface area contributed by atoms with Crippen LogP contribution in [0.4, 0.5) is 0 Å². The maximum Gasteiger partial charge on any atom is 0.220 e. The summed E-state index contributed by atoms with van der Waals surface area (Å²) in [4.78, 5) is 12.1. The van der Waals surface area contributed by atoms with E-state index in [1.54, 1.807) is 0 Å². The molecule has 1 unspecified atom stereocenters. The second-order valence-electron chi connectivity index (χ2n) is 5.54. The molecule has 0 saturated carbocycles. The first kappa shape index (κ1) is 14.1. The summed E-state index contributed by atoms with van der Waals surface area (Å²) in [6.07, 6.45) is 2.90. The smallest absolute Gasteiger partial charge is 0.220 e. The van der Waals surface area contributed by atoms with Crippen molar-refractivity contribution in [2.45, 2.75) is 39.2 Å². The lowest BCUT2D eigenvalue weighted by atomic mass is 9.94. The SMILES string of the molecule is Cc1ccccc1C(C)NC(=O)CC1CCNCC1. The summed E-state index contributed by atoms with van der Waals surface area (Å²) < 4.78 is 0. The van der Waals surface area contributed by atoms with Crippen LogP contribution < -0.4 is 10.6 Å². The third-order valence-corrected chi connectivity index (χ3v) is 3.97. The zero-order chi connectivity index (χ0) is 13.7. The summed E-state index contributed by atoms with van der Waals surface area (Å²) in [7, 11) is 0. The number of aryl methyl sites for hydroxylation is 1. The zero-order valence-corrected chi connectivity index (χ0v) is 11.9. The first-order valence-electron chi connectivity index (χ1n) is 7.22. The van der Waals surface area contributed by atoms with Crippen molar-refractivity contribution in [2.24, 2.45) is 5.92 Å². The largest absolute Gasteiger partial charge is 0.350 e. The highest BCUT2D eigenvalue weighted by Crippen LogP contribution is 2.19. The Hall–Kier alpha value is -1.35. The minimum Gasteiger partial charge on any atom is -0.350 e. The van der Waals surface area contributed by atoms with Crippen molar-refractivity contribution in [3.05, 3.63) is 35.4 Å². The fourth-order valence-corrected chi connectivity index (χ4v) is 2.80. The number of benzene rings is 1. The van der Waals surface area contributed by atoms with Crippen molar-refractivity contribution in [1.29, 1.82) is 0 Å². The van der Waals surface area contributed by atoms with E-state index in [1.165, 1.54) is 11.1 Å². The summed E-state index contributed by atoms with van der Waals surface area (Å²) in [6.45, 7) is 6.24. The minimum absolute atomic E-state index is 0.0930. The van der Waals surface area contributed by atoms with E-state index in [2.05, 4.69) is 36.6 Å². The standard InChI is InChI=1S/C16H24N2O/c1-12-5-3-4-6-15(12)13(2)18-16(19)11-14-7-9-17-10-8-14/h3-6,13-14,17H,7-11H2,1-2H3,(H,18,19). The van der Waals surface area contributed by atoms with Gasteiger partial charge in [-0.2, -0.15) is 0 Å². The van der Waals surface area contributed by atoms with Gasteiger partial charge in [-0.05, 0) is 56.8 Å². The zero-order valence-electron chi connectivity index (χ0n) is 11.9. The highest BCUT2D eigenvalue weighted by atomic mass is 16.1. The van der Waals surface area contributed by atoms with E-state index < -0.39 is 0 Å². The van der Waals surface area contributed by atoms with Crippen LogP contribution >= 0.6 is 0 Å². The van der Waals surface area contributed by atoms with Crippen molar-refractivity contribution in [3.8, 4) is 0 Å². The molecule has 19 heavy (non-hydrogen) atoms. The van der Waals surface area contributed by atoms with Crippen LogP contribution in [0.25, 0.3) is 0 Å². The Morgan fingerprint density at radius 3 is 2.74 bits per heavy atom. The Morgan fingerprint density at radius 2 is 2.05 bits per heavy atom. The molecular formula is C16H24N2O. The second-order valence-corrected chi connectivity index (χ2v) is 5.54. The second kappa shape index (κ2) is 6.71. The summed E-state index contributed by atoms with van der Waals surface area (Å²) in [5.41, 5.74) is 2.44. The van der Waals surface area contributed by atoms with Gasteiger partial charge < -0.3 is 10.6 Å². The molecule has 2 N–H and O–H groups in total. The lowest BCUT2D eigenvalue weighted by molar-refractivity contribution is -0.122. The van der Waals surface area contributed by atoms with E-state index in [9.17, 15) is 4.79 Å². The molecule has 3 heteroatoms. The number of hydrogen-bond donors (Lipinski definition) is 2. The molecule has 1 aliphatic rings. The van der Waals surface area contributed by atoms with Crippen LogP contribution in [-0.2, 0) is 4.79 Å². The number of hydrogen-bond acceptors (Lipinski definition) is 2. The molecule has 1 heterocycles. The van der Waals surface area contributed by atoms with E-state index in [0.717, 1.165) is 25.9 Å². The molecule has 1 atom stereocenters. The molecule has 1 aliphatic heterocycles. The Kier molecular flexibility index (Phi) is 4.97. The first-order valence-corrected chi connectivity index (χ1v) is 7.22. The Balaban J connectivity index is 1.86. The lowest BCUT2D eigenvalue weighted by Crippen LogP contribution is -2.33. The number of carbonyl (C=O) groups is 1. The predicted molar refractivity (Wildman–Crippen MR) is 77.9 cm³/mol. The van der Waals surface area contributed by atoms with Crippen molar-refractivity contribution in [3.63, 3.8) is 0 Å². The Bertz CT molecular complexity index is 425. The molecule has 0 bridgehead atoms. The van der Waals surface area contributed by atoms with Crippen LogP contribution in [0.1, 0.15) is 43.4 Å². The quantitative estimate of drug-likeness (QED) is 0.873. The van der Waals surface area contributed by atoms with Crippen LogP contribution in [0.2, 0.25) is 0 Å². The fraction of sp³-hybridized carbons (Fsp3) is 0.562. The number of rotatable bonds is 4. The maximum atomic E-state index is 12.1. The lowest BCUT2D eigenvalue weighted by Gasteiger charge is -2.23. The molecule has 3 nitrogen and oxygen atoms in total. The van der Waals surface area contributed by atoms with Crippen molar-refractivity contribution >= 4 is 5.91 Å². The van der Waals surface area contributed by atoms with Gasteiger partial charge in [0.25, 0.3) is 0 Å². The van der Waals surface area contributed by atoms with Gasteiger partial charge in [-0.1, -0.05) is 24.3 Å². The van der Waals surface area contributed by atoms with Gasteiger partial charge in [-0.25, -0.2) is 0 Å². The van der Waals surface area contributed by atoms with E-state index in [1.807, 2.05) is 12.1 Å². The third-order valence-electron chi connectivity index (χ3n) is 3.97. The highest BCUT2D eigenvalue weighted by Gasteiger charge is 2.18. The van der Waals surface area contributed by atoms with E-state index >= 15 is 0 Å². The molecule has 0 aromatic heterocycles. The average Bonchev–Trinajstić information content (AvgIpc) is 2.40. The average molecular weight is 260 g/mol. The van der Waals surface area contributed by atoms with Gasteiger partial charge in [-0.3, -0.25) is 4.79 Å². The Labute approximate surface area is 115 Å². The van der Waals surface area contributed by atoms with Gasteiger partial charge >= 0.3 is 0 Å². The summed E-state index contributed by atoms with van der Waals surface area (Å²) in [6, 6.07) is 8.32. The summed E-state index contributed by atoms with van der Waals surface area (Å²) >= 11 is 0. The molecule has 0 spiro atoms. The molecule has 2 rings (SSSR count). The van der Waals surface area contributed by atoms with Gasteiger partial charge in [0.1, 0.15) is 0 Å². The molecule has 1 aromatic carbocycles. The van der Waals surface area contributed by atoms with Gasteiger partial charge in [0.05, 0.1) is 6.04 Å². The van der Waals surface area contributed by atoms with E-state index in [4.69, 9.17) is 0 Å². The molecule has 1 saturated heterocycles. The fourth-order valence-electron chi connectivity index (χ4n) is 2.80. The molecule has 0 aliphatic carbocycles. The van der Waals surface area contributed by atoms with E-state index in [0.29, 0.717) is 12.3 Å². The highest BCUT2D eigenvalue weighted by molar-refractivity contribution is 5.76. The predicted octanol–water partition coefficient (Wildman–Crippen LogP) is 2.56. The molecule has 1 aromatic rings. The topological polar surface area (TPSA) is 41.1 Å². The maximum absolute atomic E-state index is 12.1. The summed E-state index contributed by atoms with van der Waals surface area (Å²) in [5, 5.41) is 6.46. The molecule has 104 valence electrons. The van der Waals surface area contributed by atoms with Crippen LogP contribution in [0.5, 0.6) is 0 Å². The molecule has 1 amide bonds. The molecular weight excluding hydrogens is 236 g/mol. The summed E-state index contributed by atoms with van der Waals surface area (Å²) in [5.74, 6) is 0.730. The van der Waals surface area contributed by atoms with E-state index in [-0.39, 0.29) is 11.9 Å². The van der Waals surface area contributed by atoms with Crippen molar-refractivity contribution in [1.82, 2.24) is 10.6 Å². The monoisotopic (exact) mass is 260 g/mol. The minimum atomic E-state index is 0.0930. The van der Waals surface area contributed by atoms with Gasteiger partial charge in [0.2, 0.25) is 5.91 Å². The first-order chi connectivity index (χ1) is 9.16. The third kappa shape index (κ3) is 4.06. The number of nitrogens with one attached hydrogen (secondary N) is 2.